The fourth-order valence-electron chi connectivity index (χ4n) is 2.53. The van der Waals surface area contributed by atoms with Crippen LogP contribution in [0.5, 0.6) is 0 Å². The third kappa shape index (κ3) is 2.69. The van der Waals surface area contributed by atoms with Gasteiger partial charge in [-0.3, -0.25) is 0 Å². The van der Waals surface area contributed by atoms with Crippen LogP contribution in [0.3, 0.4) is 0 Å². The van der Waals surface area contributed by atoms with E-state index >= 15 is 0 Å². The van der Waals surface area contributed by atoms with Crippen LogP contribution in [0, 0.1) is 0 Å². The Morgan fingerprint density at radius 1 is 1.10 bits per heavy atom. The molecule has 4 rings (SSSR count). The summed E-state index contributed by atoms with van der Waals surface area (Å²) < 4.78 is 5.92. The molecule has 106 valence electrons. The summed E-state index contributed by atoms with van der Waals surface area (Å²) in [5.74, 6) is 0.889. The predicted octanol–water partition coefficient (Wildman–Crippen LogP) is 5.01. The highest BCUT2D eigenvalue weighted by molar-refractivity contribution is 6.31. The number of halogens is 1. The van der Waals surface area contributed by atoms with Gasteiger partial charge in [0, 0.05) is 28.6 Å². The SMILES string of the molecule is Clc1ccc(-c2cc3ccccc3o2)cc1CNC1CC1. The minimum absolute atomic E-state index is 0.677. The zero-order valence-electron chi connectivity index (χ0n) is 11.6. The quantitative estimate of drug-likeness (QED) is 0.732. The molecule has 0 bridgehead atoms. The van der Waals surface area contributed by atoms with Gasteiger partial charge in [-0.1, -0.05) is 29.8 Å². The Bertz CT molecular complexity index is 756. The summed E-state index contributed by atoms with van der Waals surface area (Å²) >= 11 is 6.30. The summed E-state index contributed by atoms with van der Waals surface area (Å²) in [6.45, 7) is 0.817. The number of para-hydroxylation sites is 1. The second-order valence-corrected chi connectivity index (χ2v) is 6.02. The summed E-state index contributed by atoms with van der Waals surface area (Å²) in [6.07, 6.45) is 2.56. The van der Waals surface area contributed by atoms with Crippen molar-refractivity contribution in [2.45, 2.75) is 25.4 Å². The van der Waals surface area contributed by atoms with E-state index < -0.39 is 0 Å². The van der Waals surface area contributed by atoms with Gasteiger partial charge in [-0.15, -0.1) is 0 Å². The average molecular weight is 298 g/mol. The highest BCUT2D eigenvalue weighted by Gasteiger charge is 2.20. The van der Waals surface area contributed by atoms with E-state index in [0.29, 0.717) is 6.04 Å². The molecule has 2 nitrogen and oxygen atoms in total. The average Bonchev–Trinajstić information content (AvgIpc) is 3.23. The molecule has 1 N–H and O–H groups in total. The normalized spacial score (nSPS) is 14.7. The van der Waals surface area contributed by atoms with E-state index in [4.69, 9.17) is 16.0 Å². The minimum atomic E-state index is 0.677. The Morgan fingerprint density at radius 3 is 2.76 bits per heavy atom. The second-order valence-electron chi connectivity index (χ2n) is 5.61. The first-order valence-electron chi connectivity index (χ1n) is 7.30. The maximum atomic E-state index is 6.30. The molecule has 0 unspecified atom stereocenters. The molecule has 0 amide bonds. The van der Waals surface area contributed by atoms with Crippen LogP contribution in [-0.2, 0) is 6.54 Å². The summed E-state index contributed by atoms with van der Waals surface area (Å²) in [7, 11) is 0. The van der Waals surface area contributed by atoms with Crippen molar-refractivity contribution in [3.63, 3.8) is 0 Å². The molecule has 0 spiro atoms. The number of nitrogens with one attached hydrogen (secondary N) is 1. The van der Waals surface area contributed by atoms with E-state index in [2.05, 4.69) is 23.5 Å². The van der Waals surface area contributed by atoms with E-state index in [1.165, 1.54) is 12.8 Å². The van der Waals surface area contributed by atoms with Gasteiger partial charge in [0.15, 0.2) is 0 Å². The molecule has 2 aromatic carbocycles. The van der Waals surface area contributed by atoms with Gasteiger partial charge in [-0.05, 0) is 48.7 Å². The highest BCUT2D eigenvalue weighted by atomic mass is 35.5. The monoisotopic (exact) mass is 297 g/mol. The number of benzene rings is 2. The van der Waals surface area contributed by atoms with Crippen molar-refractivity contribution in [3.05, 3.63) is 59.1 Å². The Balaban J connectivity index is 1.68. The molecule has 0 aliphatic heterocycles. The van der Waals surface area contributed by atoms with E-state index in [1.807, 2.05) is 30.3 Å². The molecule has 21 heavy (non-hydrogen) atoms. The van der Waals surface area contributed by atoms with E-state index in [0.717, 1.165) is 39.4 Å². The van der Waals surface area contributed by atoms with Crippen molar-refractivity contribution >= 4 is 22.6 Å². The van der Waals surface area contributed by atoms with Gasteiger partial charge >= 0.3 is 0 Å². The molecule has 1 heterocycles. The lowest BCUT2D eigenvalue weighted by Crippen LogP contribution is -2.15. The Kier molecular flexibility index (Phi) is 3.21. The van der Waals surface area contributed by atoms with Crippen molar-refractivity contribution in [1.82, 2.24) is 5.32 Å². The molecule has 0 radical (unpaired) electrons. The topological polar surface area (TPSA) is 25.2 Å². The van der Waals surface area contributed by atoms with Gasteiger partial charge in [-0.25, -0.2) is 0 Å². The first-order valence-corrected chi connectivity index (χ1v) is 7.68. The predicted molar refractivity (Wildman–Crippen MR) is 86.5 cm³/mol. The zero-order chi connectivity index (χ0) is 14.2. The van der Waals surface area contributed by atoms with E-state index in [-0.39, 0.29) is 0 Å². The first kappa shape index (κ1) is 12.9. The van der Waals surface area contributed by atoms with Crippen molar-refractivity contribution in [2.75, 3.05) is 0 Å². The van der Waals surface area contributed by atoms with E-state index in [9.17, 15) is 0 Å². The third-order valence-electron chi connectivity index (χ3n) is 3.91. The zero-order valence-corrected chi connectivity index (χ0v) is 12.4. The fourth-order valence-corrected chi connectivity index (χ4v) is 2.71. The molecule has 1 saturated carbocycles. The lowest BCUT2D eigenvalue weighted by Gasteiger charge is -2.07. The van der Waals surface area contributed by atoms with Gasteiger partial charge in [0.1, 0.15) is 11.3 Å². The van der Waals surface area contributed by atoms with Crippen molar-refractivity contribution in [1.29, 1.82) is 0 Å². The summed E-state index contributed by atoms with van der Waals surface area (Å²) in [4.78, 5) is 0. The number of rotatable bonds is 4. The summed E-state index contributed by atoms with van der Waals surface area (Å²) in [5, 5.41) is 5.44. The van der Waals surface area contributed by atoms with Crippen LogP contribution in [0.1, 0.15) is 18.4 Å². The number of fused-ring (bicyclic) bond motifs is 1. The maximum absolute atomic E-state index is 6.30. The van der Waals surface area contributed by atoms with Crippen molar-refractivity contribution in [3.8, 4) is 11.3 Å². The van der Waals surface area contributed by atoms with Crippen molar-refractivity contribution < 1.29 is 4.42 Å². The minimum Gasteiger partial charge on any atom is -0.456 e. The summed E-state index contributed by atoms with van der Waals surface area (Å²) in [5.41, 5.74) is 3.12. The molecule has 1 aromatic heterocycles. The number of hydrogen-bond acceptors (Lipinski definition) is 2. The van der Waals surface area contributed by atoms with Crippen LogP contribution < -0.4 is 5.32 Å². The van der Waals surface area contributed by atoms with Gasteiger partial charge in [-0.2, -0.15) is 0 Å². The van der Waals surface area contributed by atoms with Crippen LogP contribution in [0.2, 0.25) is 5.02 Å². The second kappa shape index (κ2) is 5.21. The molecule has 3 heteroatoms. The highest BCUT2D eigenvalue weighted by Crippen LogP contribution is 2.30. The van der Waals surface area contributed by atoms with Gasteiger partial charge in [0.05, 0.1) is 0 Å². The largest absolute Gasteiger partial charge is 0.456 e. The standard InChI is InChI=1S/C18H16ClNO/c19-16-8-5-13(9-14(16)11-20-15-6-7-15)18-10-12-3-1-2-4-17(12)21-18/h1-5,8-10,15,20H,6-7,11H2. The molecule has 1 aliphatic rings. The van der Waals surface area contributed by atoms with Gasteiger partial charge in [0.25, 0.3) is 0 Å². The van der Waals surface area contributed by atoms with Crippen LogP contribution in [0.4, 0.5) is 0 Å². The van der Waals surface area contributed by atoms with Gasteiger partial charge in [0.2, 0.25) is 0 Å². The lowest BCUT2D eigenvalue weighted by atomic mass is 10.1. The Labute approximate surface area is 128 Å². The Morgan fingerprint density at radius 2 is 1.95 bits per heavy atom. The summed E-state index contributed by atoms with van der Waals surface area (Å²) in [6, 6.07) is 16.9. The van der Waals surface area contributed by atoms with Crippen LogP contribution in [-0.4, -0.2) is 6.04 Å². The molecule has 1 aliphatic carbocycles. The fraction of sp³-hybridized carbons (Fsp3) is 0.222. The molecule has 0 saturated heterocycles. The molecular weight excluding hydrogens is 282 g/mol. The molecule has 1 fully saturated rings. The smallest absolute Gasteiger partial charge is 0.135 e. The molecular formula is C18H16ClNO. The first-order chi connectivity index (χ1) is 10.3. The van der Waals surface area contributed by atoms with E-state index in [1.54, 1.807) is 0 Å². The lowest BCUT2D eigenvalue weighted by molar-refractivity contribution is 0.631. The Hall–Kier alpha value is -1.77. The van der Waals surface area contributed by atoms with Crippen molar-refractivity contribution in [2.24, 2.45) is 0 Å². The number of furan rings is 1. The van der Waals surface area contributed by atoms with Gasteiger partial charge < -0.3 is 9.73 Å². The maximum Gasteiger partial charge on any atom is 0.135 e. The van der Waals surface area contributed by atoms with Crippen LogP contribution >= 0.6 is 11.6 Å². The molecule has 3 aromatic rings. The number of hydrogen-bond donors (Lipinski definition) is 1. The van der Waals surface area contributed by atoms with Crippen LogP contribution in [0.15, 0.2) is 52.9 Å². The van der Waals surface area contributed by atoms with Crippen LogP contribution in [0.25, 0.3) is 22.3 Å². The third-order valence-corrected chi connectivity index (χ3v) is 4.28. The molecule has 0 atom stereocenters.